The number of nitrogens with zero attached hydrogens (tertiary/aromatic N) is 3. The summed E-state index contributed by atoms with van der Waals surface area (Å²) in [5, 5.41) is 12.6. The monoisotopic (exact) mass is 155 g/mol. The van der Waals surface area contributed by atoms with Gasteiger partial charge in [-0.05, 0) is 23.8 Å². The maximum Gasteiger partial charge on any atom is 0.0535 e. The Morgan fingerprint density at radius 3 is 2.82 bits per heavy atom. The van der Waals surface area contributed by atoms with Gasteiger partial charge < -0.3 is 5.11 Å². The van der Waals surface area contributed by atoms with Crippen molar-refractivity contribution >= 4 is 0 Å². The SMILES string of the molecule is CC1CC(CO)C1(C)N=[N+]=[N-]. The van der Waals surface area contributed by atoms with Crippen LogP contribution in [0.2, 0.25) is 0 Å². The van der Waals surface area contributed by atoms with Gasteiger partial charge in [0, 0.05) is 11.5 Å². The van der Waals surface area contributed by atoms with E-state index in [0.29, 0.717) is 5.92 Å². The second-order valence-electron chi connectivity index (χ2n) is 3.43. The topological polar surface area (TPSA) is 69.0 Å². The fourth-order valence-electron chi connectivity index (χ4n) is 1.68. The van der Waals surface area contributed by atoms with Gasteiger partial charge in [-0.1, -0.05) is 19.0 Å². The summed E-state index contributed by atoms with van der Waals surface area (Å²) >= 11 is 0. The van der Waals surface area contributed by atoms with Crippen molar-refractivity contribution in [1.29, 1.82) is 0 Å². The molecule has 0 aromatic carbocycles. The van der Waals surface area contributed by atoms with Gasteiger partial charge in [-0.25, -0.2) is 0 Å². The van der Waals surface area contributed by atoms with Gasteiger partial charge >= 0.3 is 0 Å². The lowest BCUT2D eigenvalue weighted by Crippen LogP contribution is -2.51. The van der Waals surface area contributed by atoms with Gasteiger partial charge in [-0.2, -0.15) is 0 Å². The van der Waals surface area contributed by atoms with Crippen molar-refractivity contribution in [2.24, 2.45) is 17.0 Å². The molecule has 0 saturated heterocycles. The number of aliphatic hydroxyl groups excluding tert-OH is 1. The zero-order chi connectivity index (χ0) is 8.48. The molecule has 0 radical (unpaired) electrons. The van der Waals surface area contributed by atoms with Gasteiger partial charge in [0.25, 0.3) is 0 Å². The highest BCUT2D eigenvalue weighted by Gasteiger charge is 2.48. The minimum Gasteiger partial charge on any atom is -0.396 e. The third-order valence-electron chi connectivity index (χ3n) is 2.94. The smallest absolute Gasteiger partial charge is 0.0535 e. The number of rotatable bonds is 2. The maximum atomic E-state index is 8.88. The standard InChI is InChI=1S/C7H13N3O/c1-5-3-6(4-11)7(5,2)9-10-8/h5-6,11H,3-4H2,1-2H3. The van der Waals surface area contributed by atoms with Crippen LogP contribution in [0.3, 0.4) is 0 Å². The van der Waals surface area contributed by atoms with E-state index in [9.17, 15) is 0 Å². The fraction of sp³-hybridized carbons (Fsp3) is 1.00. The summed E-state index contributed by atoms with van der Waals surface area (Å²) in [5.74, 6) is 0.559. The molecule has 4 nitrogen and oxygen atoms in total. The first-order chi connectivity index (χ1) is 5.15. The van der Waals surface area contributed by atoms with E-state index in [4.69, 9.17) is 10.6 Å². The highest BCUT2D eigenvalue weighted by atomic mass is 16.3. The van der Waals surface area contributed by atoms with Crippen LogP contribution in [0.15, 0.2) is 5.11 Å². The van der Waals surface area contributed by atoms with Crippen LogP contribution in [0, 0.1) is 11.8 Å². The normalized spacial score (nSPS) is 42.5. The molecule has 1 N–H and O–H groups in total. The van der Waals surface area contributed by atoms with Gasteiger partial charge in [0.15, 0.2) is 0 Å². The summed E-state index contributed by atoms with van der Waals surface area (Å²) in [6.45, 7) is 4.07. The van der Waals surface area contributed by atoms with Crippen LogP contribution in [0.25, 0.3) is 10.4 Å². The summed E-state index contributed by atoms with van der Waals surface area (Å²) in [4.78, 5) is 2.79. The van der Waals surface area contributed by atoms with Crippen molar-refractivity contribution in [2.75, 3.05) is 6.61 Å². The van der Waals surface area contributed by atoms with Crippen molar-refractivity contribution in [2.45, 2.75) is 25.8 Å². The molecule has 62 valence electrons. The van der Waals surface area contributed by atoms with Crippen LogP contribution in [0.5, 0.6) is 0 Å². The first-order valence-electron chi connectivity index (χ1n) is 3.82. The molecule has 4 heteroatoms. The number of aliphatic hydroxyl groups is 1. The molecular weight excluding hydrogens is 142 g/mol. The Hall–Kier alpha value is -0.730. The highest BCUT2D eigenvalue weighted by Crippen LogP contribution is 2.46. The zero-order valence-corrected chi connectivity index (χ0v) is 6.86. The minimum atomic E-state index is -0.344. The van der Waals surface area contributed by atoms with Crippen LogP contribution in [0.4, 0.5) is 0 Å². The van der Waals surface area contributed by atoms with E-state index in [0.717, 1.165) is 6.42 Å². The zero-order valence-electron chi connectivity index (χ0n) is 6.86. The van der Waals surface area contributed by atoms with E-state index in [2.05, 4.69) is 10.0 Å². The van der Waals surface area contributed by atoms with Crippen molar-refractivity contribution < 1.29 is 5.11 Å². The van der Waals surface area contributed by atoms with E-state index in [1.807, 2.05) is 13.8 Å². The van der Waals surface area contributed by atoms with Gasteiger partial charge in [0.1, 0.15) is 0 Å². The average molecular weight is 155 g/mol. The molecule has 1 aliphatic rings. The summed E-state index contributed by atoms with van der Waals surface area (Å²) in [7, 11) is 0. The predicted octanol–water partition coefficient (Wildman–Crippen LogP) is 1.70. The van der Waals surface area contributed by atoms with Gasteiger partial charge in [0.2, 0.25) is 0 Å². The van der Waals surface area contributed by atoms with Crippen molar-refractivity contribution in [3.8, 4) is 0 Å². The van der Waals surface area contributed by atoms with Crippen molar-refractivity contribution in [3.63, 3.8) is 0 Å². The lowest BCUT2D eigenvalue weighted by molar-refractivity contribution is 0.0171. The Labute approximate surface area is 65.9 Å². The largest absolute Gasteiger partial charge is 0.396 e. The summed E-state index contributed by atoms with van der Waals surface area (Å²) in [6.07, 6.45) is 0.964. The Bertz CT molecular complexity index is 200. The van der Waals surface area contributed by atoms with E-state index in [1.165, 1.54) is 0 Å². The molecule has 3 atom stereocenters. The summed E-state index contributed by atoms with van der Waals surface area (Å²) < 4.78 is 0. The molecular formula is C7H13N3O. The third kappa shape index (κ3) is 1.08. The molecule has 1 rings (SSSR count). The number of hydrogen-bond acceptors (Lipinski definition) is 2. The Morgan fingerprint density at radius 1 is 1.82 bits per heavy atom. The molecule has 0 heterocycles. The van der Waals surface area contributed by atoms with Gasteiger partial charge in [-0.15, -0.1) is 0 Å². The van der Waals surface area contributed by atoms with Crippen molar-refractivity contribution in [1.82, 2.24) is 0 Å². The molecule has 11 heavy (non-hydrogen) atoms. The quantitative estimate of drug-likeness (QED) is 0.368. The summed E-state index contributed by atoms with van der Waals surface area (Å²) in [5.41, 5.74) is 7.93. The maximum absolute atomic E-state index is 8.88. The van der Waals surface area contributed by atoms with E-state index in [1.54, 1.807) is 0 Å². The summed E-state index contributed by atoms with van der Waals surface area (Å²) in [6, 6.07) is 0. The Kier molecular flexibility index (Phi) is 2.07. The lowest BCUT2D eigenvalue weighted by Gasteiger charge is -2.48. The van der Waals surface area contributed by atoms with Crippen LogP contribution < -0.4 is 0 Å². The Balaban J connectivity index is 2.73. The molecule has 0 aromatic heterocycles. The van der Waals surface area contributed by atoms with Crippen LogP contribution in [0.1, 0.15) is 20.3 Å². The Morgan fingerprint density at radius 2 is 2.45 bits per heavy atom. The molecule has 0 bridgehead atoms. The first kappa shape index (κ1) is 8.37. The van der Waals surface area contributed by atoms with Crippen LogP contribution in [-0.4, -0.2) is 17.3 Å². The molecule has 3 unspecified atom stereocenters. The van der Waals surface area contributed by atoms with Crippen LogP contribution in [-0.2, 0) is 0 Å². The van der Waals surface area contributed by atoms with E-state index >= 15 is 0 Å². The molecule has 1 saturated carbocycles. The number of azide groups is 1. The molecule has 1 aliphatic carbocycles. The highest BCUT2D eigenvalue weighted by molar-refractivity contribution is 5.04. The van der Waals surface area contributed by atoms with Crippen LogP contribution >= 0.6 is 0 Å². The third-order valence-corrected chi connectivity index (χ3v) is 2.94. The molecule has 0 amide bonds. The van der Waals surface area contributed by atoms with E-state index in [-0.39, 0.29) is 18.1 Å². The van der Waals surface area contributed by atoms with E-state index < -0.39 is 0 Å². The molecule has 1 fully saturated rings. The van der Waals surface area contributed by atoms with Gasteiger partial charge in [-0.3, -0.25) is 0 Å². The second-order valence-corrected chi connectivity index (χ2v) is 3.43. The van der Waals surface area contributed by atoms with Crippen molar-refractivity contribution in [3.05, 3.63) is 10.4 Å². The first-order valence-corrected chi connectivity index (χ1v) is 3.82. The fourth-order valence-corrected chi connectivity index (χ4v) is 1.68. The average Bonchev–Trinajstić information content (AvgIpc) is 2.00. The predicted molar refractivity (Wildman–Crippen MR) is 41.9 cm³/mol. The minimum absolute atomic E-state index is 0.125. The molecule has 0 aromatic rings. The lowest BCUT2D eigenvalue weighted by atomic mass is 9.61. The molecule has 0 aliphatic heterocycles. The molecule has 0 spiro atoms. The van der Waals surface area contributed by atoms with Gasteiger partial charge in [0.05, 0.1) is 5.54 Å². The number of hydrogen-bond donors (Lipinski definition) is 1. The second kappa shape index (κ2) is 2.72.